The number of amides is 1. The van der Waals surface area contributed by atoms with Crippen LogP contribution in [0.15, 0.2) is 12.3 Å². The SMILES string of the molecule is CCC(=O)NCCc1cn(C(C)C)c2c(F)c(Cl)c(OC(C)C)cc12. The molecule has 0 aliphatic carbocycles. The molecule has 1 aromatic heterocycles. The second-order valence-corrected chi connectivity index (χ2v) is 7.05. The van der Waals surface area contributed by atoms with Gasteiger partial charge in [-0.15, -0.1) is 0 Å². The predicted octanol–water partition coefficient (Wildman–Crippen LogP) is 4.87. The number of fused-ring (bicyclic) bond motifs is 1. The normalized spacial score (nSPS) is 11.6. The van der Waals surface area contributed by atoms with Gasteiger partial charge in [-0.25, -0.2) is 4.39 Å². The summed E-state index contributed by atoms with van der Waals surface area (Å²) in [4.78, 5) is 11.4. The van der Waals surface area contributed by atoms with E-state index in [1.807, 2.05) is 45.4 Å². The number of aromatic nitrogens is 1. The Labute approximate surface area is 153 Å². The summed E-state index contributed by atoms with van der Waals surface area (Å²) >= 11 is 6.20. The molecule has 4 nitrogen and oxygen atoms in total. The van der Waals surface area contributed by atoms with Gasteiger partial charge in [0.15, 0.2) is 5.82 Å². The topological polar surface area (TPSA) is 43.3 Å². The van der Waals surface area contributed by atoms with E-state index in [0.29, 0.717) is 30.7 Å². The Hall–Kier alpha value is -1.75. The predicted molar refractivity (Wildman–Crippen MR) is 100 cm³/mol. The Kier molecular flexibility index (Phi) is 6.33. The standard InChI is InChI=1S/C19H26ClFN2O2/c1-6-16(24)22-8-7-13-10-23(11(2)3)19-14(13)9-15(25-12(4)5)17(20)18(19)21/h9-12H,6-8H2,1-5H3,(H,22,24). The number of halogens is 2. The summed E-state index contributed by atoms with van der Waals surface area (Å²) in [7, 11) is 0. The van der Waals surface area contributed by atoms with Crippen LogP contribution in [0.1, 0.15) is 52.6 Å². The Morgan fingerprint density at radius 2 is 2.04 bits per heavy atom. The molecular weight excluding hydrogens is 343 g/mol. The molecule has 25 heavy (non-hydrogen) atoms. The Bertz CT molecular complexity index is 769. The van der Waals surface area contributed by atoms with Crippen molar-refractivity contribution in [1.82, 2.24) is 9.88 Å². The molecule has 0 radical (unpaired) electrons. The van der Waals surface area contributed by atoms with E-state index in [1.54, 1.807) is 6.07 Å². The van der Waals surface area contributed by atoms with Crippen LogP contribution in [0.5, 0.6) is 5.75 Å². The van der Waals surface area contributed by atoms with Crippen molar-refractivity contribution in [2.75, 3.05) is 6.54 Å². The number of carbonyl (C=O) groups excluding carboxylic acids is 1. The second-order valence-electron chi connectivity index (χ2n) is 6.67. The van der Waals surface area contributed by atoms with Gasteiger partial charge < -0.3 is 14.6 Å². The van der Waals surface area contributed by atoms with Gasteiger partial charge in [0.1, 0.15) is 10.8 Å². The number of benzene rings is 1. The van der Waals surface area contributed by atoms with E-state index in [1.165, 1.54) is 0 Å². The van der Waals surface area contributed by atoms with Crippen LogP contribution in [0, 0.1) is 5.82 Å². The fourth-order valence-corrected chi connectivity index (χ4v) is 2.99. The van der Waals surface area contributed by atoms with Gasteiger partial charge in [0.2, 0.25) is 5.91 Å². The monoisotopic (exact) mass is 368 g/mol. The molecule has 0 spiro atoms. The molecule has 0 fully saturated rings. The van der Waals surface area contributed by atoms with Crippen molar-refractivity contribution in [3.05, 3.63) is 28.7 Å². The summed E-state index contributed by atoms with van der Waals surface area (Å²) in [5, 5.41) is 3.64. The van der Waals surface area contributed by atoms with Crippen LogP contribution in [0.2, 0.25) is 5.02 Å². The number of hydrogen-bond acceptors (Lipinski definition) is 2. The molecule has 0 saturated carbocycles. The first-order valence-electron chi connectivity index (χ1n) is 8.71. The highest BCUT2D eigenvalue weighted by atomic mass is 35.5. The average Bonchev–Trinajstić information content (AvgIpc) is 2.90. The van der Waals surface area contributed by atoms with E-state index < -0.39 is 5.82 Å². The fraction of sp³-hybridized carbons (Fsp3) is 0.526. The molecule has 1 aromatic carbocycles. The van der Waals surface area contributed by atoms with Gasteiger partial charge in [-0.2, -0.15) is 0 Å². The number of ether oxygens (including phenoxy) is 1. The Morgan fingerprint density at radius 3 is 2.60 bits per heavy atom. The largest absolute Gasteiger partial charge is 0.489 e. The van der Waals surface area contributed by atoms with Crippen molar-refractivity contribution < 1.29 is 13.9 Å². The van der Waals surface area contributed by atoms with Crippen molar-refractivity contribution >= 4 is 28.4 Å². The second kappa shape index (κ2) is 8.09. The molecule has 0 unspecified atom stereocenters. The minimum atomic E-state index is -0.465. The van der Waals surface area contributed by atoms with Gasteiger partial charge in [0.05, 0.1) is 11.6 Å². The summed E-state index contributed by atoms with van der Waals surface area (Å²) in [6, 6.07) is 1.89. The van der Waals surface area contributed by atoms with E-state index >= 15 is 0 Å². The summed E-state index contributed by atoms with van der Waals surface area (Å²) in [5.74, 6) is -0.111. The summed E-state index contributed by atoms with van der Waals surface area (Å²) in [5.41, 5.74) is 1.44. The van der Waals surface area contributed by atoms with Crippen molar-refractivity contribution in [2.24, 2.45) is 0 Å². The maximum Gasteiger partial charge on any atom is 0.219 e. The molecule has 0 aliphatic heterocycles. The number of nitrogens with one attached hydrogen (secondary N) is 1. The molecule has 1 N–H and O–H groups in total. The lowest BCUT2D eigenvalue weighted by Gasteiger charge is -2.15. The molecule has 138 valence electrons. The lowest BCUT2D eigenvalue weighted by Crippen LogP contribution is -2.24. The summed E-state index contributed by atoms with van der Waals surface area (Å²) < 4.78 is 22.5. The third-order valence-corrected chi connectivity index (χ3v) is 4.36. The summed E-state index contributed by atoms with van der Waals surface area (Å²) in [6.45, 7) is 10.1. The molecule has 0 bridgehead atoms. The molecule has 0 atom stereocenters. The minimum Gasteiger partial charge on any atom is -0.489 e. The van der Waals surface area contributed by atoms with Crippen molar-refractivity contribution in [2.45, 2.75) is 59.6 Å². The minimum absolute atomic E-state index is 0.00523. The van der Waals surface area contributed by atoms with Gasteiger partial charge in [-0.05, 0) is 45.7 Å². The molecule has 1 amide bonds. The van der Waals surface area contributed by atoms with E-state index in [2.05, 4.69) is 5.32 Å². The zero-order valence-electron chi connectivity index (χ0n) is 15.5. The van der Waals surface area contributed by atoms with Crippen molar-refractivity contribution in [3.63, 3.8) is 0 Å². The molecule has 0 saturated heterocycles. The van der Waals surface area contributed by atoms with E-state index in [9.17, 15) is 9.18 Å². The molecular formula is C19H26ClFN2O2. The Balaban J connectivity index is 2.50. The Morgan fingerprint density at radius 1 is 1.36 bits per heavy atom. The van der Waals surface area contributed by atoms with Gasteiger partial charge in [-0.3, -0.25) is 4.79 Å². The molecule has 2 aromatic rings. The first-order chi connectivity index (χ1) is 11.8. The number of hydrogen-bond donors (Lipinski definition) is 1. The summed E-state index contributed by atoms with van der Waals surface area (Å²) in [6.07, 6.45) is 2.90. The maximum atomic E-state index is 14.9. The van der Waals surface area contributed by atoms with Gasteiger partial charge in [0.25, 0.3) is 0 Å². The van der Waals surface area contributed by atoms with E-state index in [-0.39, 0.29) is 23.1 Å². The van der Waals surface area contributed by atoms with Crippen LogP contribution in [0.25, 0.3) is 10.9 Å². The first kappa shape index (κ1) is 19.6. The van der Waals surface area contributed by atoms with Crippen molar-refractivity contribution in [1.29, 1.82) is 0 Å². The molecule has 1 heterocycles. The van der Waals surface area contributed by atoms with Crippen LogP contribution >= 0.6 is 11.6 Å². The first-order valence-corrected chi connectivity index (χ1v) is 9.08. The zero-order chi connectivity index (χ0) is 18.7. The van der Waals surface area contributed by atoms with E-state index in [4.69, 9.17) is 16.3 Å². The van der Waals surface area contributed by atoms with Crippen LogP contribution in [-0.4, -0.2) is 23.1 Å². The van der Waals surface area contributed by atoms with Gasteiger partial charge in [0, 0.05) is 30.6 Å². The van der Waals surface area contributed by atoms with Crippen LogP contribution in [-0.2, 0) is 11.2 Å². The lowest BCUT2D eigenvalue weighted by molar-refractivity contribution is -0.120. The third kappa shape index (κ3) is 4.27. The highest BCUT2D eigenvalue weighted by molar-refractivity contribution is 6.33. The quantitative estimate of drug-likeness (QED) is 0.757. The molecule has 0 aliphatic rings. The zero-order valence-corrected chi connectivity index (χ0v) is 16.2. The number of nitrogens with zero attached hydrogens (tertiary/aromatic N) is 1. The smallest absolute Gasteiger partial charge is 0.219 e. The van der Waals surface area contributed by atoms with Crippen LogP contribution in [0.3, 0.4) is 0 Å². The maximum absolute atomic E-state index is 14.9. The highest BCUT2D eigenvalue weighted by Crippen LogP contribution is 2.38. The average molecular weight is 369 g/mol. The van der Waals surface area contributed by atoms with Gasteiger partial charge in [-0.1, -0.05) is 18.5 Å². The van der Waals surface area contributed by atoms with Crippen LogP contribution < -0.4 is 10.1 Å². The van der Waals surface area contributed by atoms with Crippen molar-refractivity contribution in [3.8, 4) is 5.75 Å². The molecule has 6 heteroatoms. The van der Waals surface area contributed by atoms with Gasteiger partial charge >= 0.3 is 0 Å². The number of rotatable bonds is 7. The fourth-order valence-electron chi connectivity index (χ4n) is 2.80. The third-order valence-electron chi connectivity index (χ3n) is 4.00. The lowest BCUT2D eigenvalue weighted by atomic mass is 10.1. The van der Waals surface area contributed by atoms with Crippen LogP contribution in [0.4, 0.5) is 4.39 Å². The highest BCUT2D eigenvalue weighted by Gasteiger charge is 2.21. The number of carbonyl (C=O) groups is 1. The molecule has 2 rings (SSSR count). The van der Waals surface area contributed by atoms with E-state index in [0.717, 1.165) is 10.9 Å².